The van der Waals surface area contributed by atoms with Crippen molar-refractivity contribution in [3.8, 4) is 0 Å². The molecule has 102 valence electrons. The number of amides is 3. The first-order chi connectivity index (χ1) is 9.43. The van der Waals surface area contributed by atoms with Gasteiger partial charge >= 0.3 is 0 Å². The van der Waals surface area contributed by atoms with E-state index in [1.165, 1.54) is 26.1 Å². The van der Waals surface area contributed by atoms with Gasteiger partial charge < -0.3 is 0 Å². The molecule has 0 unspecified atom stereocenters. The lowest BCUT2D eigenvalue weighted by molar-refractivity contribution is -0.135. The van der Waals surface area contributed by atoms with Gasteiger partial charge in [-0.05, 0) is 29.9 Å². The van der Waals surface area contributed by atoms with Crippen LogP contribution >= 0.6 is 12.2 Å². The third-order valence-corrected chi connectivity index (χ3v) is 3.03. The minimum atomic E-state index is -0.610. The maximum Gasteiger partial charge on any atom is 0.284 e. The molecule has 6 nitrogen and oxygen atoms in total. The van der Waals surface area contributed by atoms with Gasteiger partial charge in [0.1, 0.15) is 5.70 Å². The number of hydrogen-bond donors (Lipinski definition) is 0. The first-order valence-corrected chi connectivity index (χ1v) is 6.15. The lowest BCUT2D eigenvalue weighted by atomic mass is 10.2. The van der Waals surface area contributed by atoms with Crippen molar-refractivity contribution >= 4 is 41.1 Å². The summed E-state index contributed by atoms with van der Waals surface area (Å²) < 4.78 is 0. The summed E-state index contributed by atoms with van der Waals surface area (Å²) in [5.41, 5.74) is 0.681. The number of rotatable bonds is 1. The molecular weight excluding hydrogens is 278 g/mol. The van der Waals surface area contributed by atoms with Crippen molar-refractivity contribution in [2.45, 2.75) is 13.8 Å². The van der Waals surface area contributed by atoms with Crippen LogP contribution in [0.3, 0.4) is 0 Å². The van der Waals surface area contributed by atoms with E-state index in [2.05, 4.69) is 4.98 Å². The molecule has 1 aliphatic heterocycles. The maximum absolute atomic E-state index is 12.2. The quantitative estimate of drug-likeness (QED) is 0.568. The van der Waals surface area contributed by atoms with Gasteiger partial charge in [-0.1, -0.05) is 6.07 Å². The second-order valence-electron chi connectivity index (χ2n) is 4.11. The van der Waals surface area contributed by atoms with Gasteiger partial charge in [0.15, 0.2) is 5.11 Å². The third kappa shape index (κ3) is 2.35. The Labute approximate surface area is 120 Å². The number of hydrogen-bond acceptors (Lipinski definition) is 5. The molecule has 0 atom stereocenters. The van der Waals surface area contributed by atoms with Crippen LogP contribution in [0.15, 0.2) is 30.2 Å². The van der Waals surface area contributed by atoms with Crippen molar-refractivity contribution in [2.75, 3.05) is 0 Å². The summed E-state index contributed by atoms with van der Waals surface area (Å²) in [6.45, 7) is 2.50. The molecule has 0 bridgehead atoms. The Morgan fingerprint density at radius 1 is 1.25 bits per heavy atom. The van der Waals surface area contributed by atoms with Crippen molar-refractivity contribution in [2.24, 2.45) is 0 Å². The van der Waals surface area contributed by atoms with Gasteiger partial charge in [-0.15, -0.1) is 0 Å². The zero-order chi connectivity index (χ0) is 14.9. The van der Waals surface area contributed by atoms with E-state index in [0.717, 1.165) is 9.80 Å². The largest absolute Gasteiger partial charge is 0.284 e. The molecule has 20 heavy (non-hydrogen) atoms. The highest BCUT2D eigenvalue weighted by molar-refractivity contribution is 7.80. The number of imide groups is 1. The van der Waals surface area contributed by atoms with Crippen LogP contribution in [0.4, 0.5) is 0 Å². The Balaban J connectivity index is 2.52. The van der Waals surface area contributed by atoms with E-state index in [4.69, 9.17) is 12.2 Å². The first kappa shape index (κ1) is 14.0. The molecule has 0 N–H and O–H groups in total. The van der Waals surface area contributed by atoms with Gasteiger partial charge in [0.25, 0.3) is 5.91 Å². The van der Waals surface area contributed by atoms with Crippen molar-refractivity contribution < 1.29 is 14.4 Å². The van der Waals surface area contributed by atoms with Crippen LogP contribution in [0.25, 0.3) is 6.08 Å². The highest BCUT2D eigenvalue weighted by Gasteiger charge is 2.42. The summed E-state index contributed by atoms with van der Waals surface area (Å²) in [6.07, 6.45) is 4.61. The topological polar surface area (TPSA) is 70.6 Å². The molecule has 2 heterocycles. The minimum Gasteiger partial charge on any atom is -0.274 e. The maximum atomic E-state index is 12.2. The van der Waals surface area contributed by atoms with Crippen LogP contribution in [0.1, 0.15) is 19.4 Å². The number of pyridine rings is 1. The highest BCUT2D eigenvalue weighted by Crippen LogP contribution is 2.24. The number of nitrogens with zero attached hydrogens (tertiary/aromatic N) is 3. The zero-order valence-corrected chi connectivity index (χ0v) is 11.7. The molecule has 0 aliphatic carbocycles. The fourth-order valence-corrected chi connectivity index (χ4v) is 2.27. The number of carbonyl (C=O) groups is 3. The van der Waals surface area contributed by atoms with Crippen molar-refractivity contribution in [1.29, 1.82) is 0 Å². The lowest BCUT2D eigenvalue weighted by Crippen LogP contribution is -2.37. The van der Waals surface area contributed by atoms with Crippen LogP contribution in [-0.4, -0.2) is 37.6 Å². The molecule has 1 saturated heterocycles. The van der Waals surface area contributed by atoms with E-state index in [9.17, 15) is 14.4 Å². The second kappa shape index (κ2) is 5.30. The third-order valence-electron chi connectivity index (χ3n) is 2.66. The van der Waals surface area contributed by atoms with Gasteiger partial charge in [-0.3, -0.25) is 24.3 Å². The van der Waals surface area contributed by atoms with E-state index in [1.807, 2.05) is 0 Å². The van der Waals surface area contributed by atoms with Crippen LogP contribution in [0, 0.1) is 0 Å². The Morgan fingerprint density at radius 2 is 1.90 bits per heavy atom. The van der Waals surface area contributed by atoms with E-state index in [0.29, 0.717) is 5.56 Å². The average molecular weight is 289 g/mol. The molecule has 0 saturated carbocycles. The summed E-state index contributed by atoms with van der Waals surface area (Å²) >= 11 is 5.02. The van der Waals surface area contributed by atoms with Crippen LogP contribution in [0.5, 0.6) is 0 Å². The number of aromatic nitrogens is 1. The molecule has 7 heteroatoms. The fourth-order valence-electron chi connectivity index (χ4n) is 1.83. The van der Waals surface area contributed by atoms with Crippen molar-refractivity contribution in [1.82, 2.24) is 14.8 Å². The van der Waals surface area contributed by atoms with Gasteiger partial charge in [0.05, 0.1) is 0 Å². The monoisotopic (exact) mass is 289 g/mol. The summed E-state index contributed by atoms with van der Waals surface area (Å²) in [5, 5.41) is -0.120. The van der Waals surface area contributed by atoms with Crippen molar-refractivity contribution in [3.63, 3.8) is 0 Å². The molecule has 1 fully saturated rings. The predicted octanol–water partition coefficient (Wildman–Crippen LogP) is 0.945. The normalized spacial score (nSPS) is 17.0. The average Bonchev–Trinajstić information content (AvgIpc) is 2.62. The van der Waals surface area contributed by atoms with Crippen molar-refractivity contribution in [3.05, 3.63) is 35.8 Å². The van der Waals surface area contributed by atoms with Crippen LogP contribution < -0.4 is 0 Å². The molecule has 0 spiro atoms. The molecule has 3 amide bonds. The minimum absolute atomic E-state index is 0.0469. The SMILES string of the molecule is CC(=O)N1C(=O)/C(=C\c2cccnc2)N(C(C)=O)C1=S. The summed E-state index contributed by atoms with van der Waals surface area (Å²) in [4.78, 5) is 41.1. The summed E-state index contributed by atoms with van der Waals surface area (Å²) in [6, 6.07) is 3.43. The second-order valence-corrected chi connectivity index (χ2v) is 4.48. The lowest BCUT2D eigenvalue weighted by Gasteiger charge is -2.14. The number of thiocarbonyl (C=S) groups is 1. The smallest absolute Gasteiger partial charge is 0.274 e. The molecule has 1 aromatic rings. The van der Waals surface area contributed by atoms with E-state index in [1.54, 1.807) is 18.3 Å². The van der Waals surface area contributed by atoms with Gasteiger partial charge in [-0.2, -0.15) is 0 Å². The Kier molecular flexibility index (Phi) is 3.71. The Hall–Kier alpha value is -2.41. The molecule has 2 rings (SSSR count). The van der Waals surface area contributed by atoms with E-state index >= 15 is 0 Å². The van der Waals surface area contributed by atoms with Gasteiger partial charge in [0.2, 0.25) is 11.8 Å². The zero-order valence-electron chi connectivity index (χ0n) is 10.9. The Morgan fingerprint density at radius 3 is 2.40 bits per heavy atom. The Bertz CT molecular complexity index is 640. The summed E-state index contributed by atoms with van der Waals surface area (Å²) in [7, 11) is 0. The highest BCUT2D eigenvalue weighted by atomic mass is 32.1. The molecule has 0 radical (unpaired) electrons. The van der Waals surface area contributed by atoms with Crippen LogP contribution in [-0.2, 0) is 14.4 Å². The predicted molar refractivity (Wildman–Crippen MR) is 74.9 cm³/mol. The standard InChI is InChI=1S/C13H11N3O3S/c1-8(17)15-11(6-10-4-3-5-14-7-10)12(19)16(9(2)18)13(15)20/h3-7H,1-2H3/b11-6+. The molecule has 1 aliphatic rings. The van der Waals surface area contributed by atoms with Gasteiger partial charge in [-0.25, -0.2) is 4.90 Å². The molecule has 1 aromatic heterocycles. The molecule has 0 aromatic carbocycles. The molecular formula is C13H11N3O3S. The first-order valence-electron chi connectivity index (χ1n) is 5.75. The van der Waals surface area contributed by atoms with E-state index < -0.39 is 17.7 Å². The summed E-state index contributed by atoms with van der Waals surface area (Å²) in [5.74, 6) is -1.57. The fraction of sp³-hybridized carbons (Fsp3) is 0.154. The van der Waals surface area contributed by atoms with Crippen LogP contribution in [0.2, 0.25) is 0 Å². The number of carbonyl (C=O) groups excluding carboxylic acids is 3. The van der Waals surface area contributed by atoms with E-state index in [-0.39, 0.29) is 10.8 Å². The van der Waals surface area contributed by atoms with Gasteiger partial charge in [0, 0.05) is 26.2 Å².